The van der Waals surface area contributed by atoms with Gasteiger partial charge in [-0.15, -0.1) is 0 Å². The lowest BCUT2D eigenvalue weighted by atomic mass is 9.68. The number of hydrogen-bond acceptors (Lipinski definition) is 1. The van der Waals surface area contributed by atoms with Crippen LogP contribution in [-0.2, 0) is 10.8 Å². The molecule has 0 radical (unpaired) electrons. The minimum atomic E-state index is -0.254. The third-order valence-electron chi connectivity index (χ3n) is 12.2. The van der Waals surface area contributed by atoms with Crippen LogP contribution in [0.15, 0.2) is 237 Å². The third kappa shape index (κ3) is 12.1. The minimum Gasteiger partial charge on any atom is -0.192 e. The Bertz CT molecular complexity index is 2810. The molecule has 73 heavy (non-hydrogen) atoms. The van der Waals surface area contributed by atoms with Gasteiger partial charge in [0, 0.05) is 0 Å². The standard InChI is InChI=1S/C25H16.C25H18.C7H5N.3C5H12/c1-5-13-21-17(9-1)18-10-2-6-14-22(18)25(21)23-15-7-3-11-19(23)20-12-4-8-16-24(20)25;1-3-11-19(12-4-1)25(20-13-5-2-6-14-20)23-17-9-7-15-21(23)22-16-8-10-18-24(22)25;8-6-7-4-2-1-3-5-7;3*1-5(2,3)4/h1-16H;1-18H;1-5H;3*1-4H3. The molecule has 12 rings (SSSR count). The molecule has 0 saturated heterocycles. The molecule has 0 aromatic heterocycles. The zero-order valence-electron chi connectivity index (χ0n) is 45.5. The van der Waals surface area contributed by atoms with E-state index in [1.54, 1.807) is 12.1 Å². The number of hydrogen-bond donors (Lipinski definition) is 0. The van der Waals surface area contributed by atoms with Crippen LogP contribution in [0.5, 0.6) is 0 Å². The van der Waals surface area contributed by atoms with Gasteiger partial charge in [0.05, 0.1) is 22.5 Å². The zero-order valence-corrected chi connectivity index (χ0v) is 45.5. The summed E-state index contributed by atoms with van der Waals surface area (Å²) in [6, 6.07) is 86.3. The summed E-state index contributed by atoms with van der Waals surface area (Å²) in [5, 5.41) is 8.29. The number of nitrogens with zero attached hydrogens (tertiary/aromatic N) is 1. The Kier molecular flexibility index (Phi) is 16.4. The van der Waals surface area contributed by atoms with E-state index in [1.165, 1.54) is 77.9 Å². The summed E-state index contributed by atoms with van der Waals surface area (Å²) < 4.78 is 0. The molecule has 0 bridgehead atoms. The Labute approximate surface area is 439 Å². The van der Waals surface area contributed by atoms with Gasteiger partial charge < -0.3 is 0 Å². The molecule has 0 unspecified atom stereocenters. The van der Waals surface area contributed by atoms with Gasteiger partial charge in [0.1, 0.15) is 0 Å². The number of rotatable bonds is 2. The van der Waals surface area contributed by atoms with Crippen molar-refractivity contribution >= 4 is 0 Å². The Morgan fingerprint density at radius 2 is 0.425 bits per heavy atom. The van der Waals surface area contributed by atoms with Crippen LogP contribution in [0.1, 0.15) is 133 Å². The van der Waals surface area contributed by atoms with E-state index in [1.807, 2.05) is 24.3 Å². The molecule has 3 aliphatic carbocycles. The molecule has 9 aromatic carbocycles. The van der Waals surface area contributed by atoms with Crippen molar-refractivity contribution in [2.75, 3.05) is 0 Å². The first-order chi connectivity index (χ1) is 34.8. The van der Waals surface area contributed by atoms with Crippen molar-refractivity contribution in [3.63, 3.8) is 0 Å². The summed E-state index contributed by atoms with van der Waals surface area (Å²) in [7, 11) is 0. The maximum absolute atomic E-state index is 8.29. The lowest BCUT2D eigenvalue weighted by Gasteiger charge is -2.33. The van der Waals surface area contributed by atoms with Gasteiger partial charge in [-0.3, -0.25) is 0 Å². The van der Waals surface area contributed by atoms with E-state index in [0.717, 1.165) is 0 Å². The first kappa shape index (κ1) is 53.3. The molecule has 0 heterocycles. The van der Waals surface area contributed by atoms with E-state index in [9.17, 15) is 0 Å². The van der Waals surface area contributed by atoms with Gasteiger partial charge in [0.15, 0.2) is 0 Å². The fraction of sp³-hybridized carbons (Fsp3) is 0.236. The topological polar surface area (TPSA) is 23.8 Å². The second-order valence-corrected chi connectivity index (χ2v) is 24.0. The second-order valence-electron chi connectivity index (χ2n) is 24.0. The van der Waals surface area contributed by atoms with E-state index in [2.05, 4.69) is 289 Å². The van der Waals surface area contributed by atoms with Gasteiger partial charge in [0.25, 0.3) is 0 Å². The Morgan fingerprint density at radius 1 is 0.247 bits per heavy atom. The molecule has 0 saturated carbocycles. The fourth-order valence-electron chi connectivity index (χ4n) is 9.96. The molecule has 1 nitrogen and oxygen atoms in total. The molecular weight excluding hydrogens is 879 g/mol. The summed E-state index contributed by atoms with van der Waals surface area (Å²) in [5.74, 6) is 0. The summed E-state index contributed by atoms with van der Waals surface area (Å²) in [5.41, 5.74) is 20.9. The largest absolute Gasteiger partial charge is 0.192 e. The fourth-order valence-corrected chi connectivity index (χ4v) is 9.96. The average molecular weight is 954 g/mol. The van der Waals surface area contributed by atoms with Gasteiger partial charge in [-0.25, -0.2) is 0 Å². The van der Waals surface area contributed by atoms with Crippen molar-refractivity contribution < 1.29 is 0 Å². The SMILES string of the molecule is CC(C)(C)C.CC(C)(C)C.CC(C)(C)C.N#Cc1ccccc1.c1ccc(C2(c3ccccc3)c3ccccc3-c3ccccc32)cc1.c1ccc2c(c1)-c1ccccc1C21c2ccccc2-c2ccccc21. The van der Waals surface area contributed by atoms with Crippen molar-refractivity contribution in [2.45, 2.75) is 93.9 Å². The van der Waals surface area contributed by atoms with Crippen LogP contribution >= 0.6 is 0 Å². The van der Waals surface area contributed by atoms with Crippen LogP contribution in [0, 0.1) is 27.6 Å². The van der Waals surface area contributed by atoms with Crippen molar-refractivity contribution in [3.8, 4) is 39.4 Å². The van der Waals surface area contributed by atoms with Crippen LogP contribution < -0.4 is 0 Å². The second kappa shape index (κ2) is 22.5. The predicted octanol–water partition coefficient (Wildman–Crippen LogP) is 19.8. The molecular formula is C72H75N. The van der Waals surface area contributed by atoms with Crippen LogP contribution in [-0.4, -0.2) is 0 Å². The molecule has 9 aromatic rings. The lowest BCUT2D eigenvalue weighted by molar-refractivity contribution is 0.469. The molecule has 0 N–H and O–H groups in total. The maximum atomic E-state index is 8.29. The van der Waals surface area contributed by atoms with Crippen LogP contribution in [0.4, 0.5) is 0 Å². The van der Waals surface area contributed by atoms with Gasteiger partial charge in [-0.05, 0) is 106 Å². The van der Waals surface area contributed by atoms with Gasteiger partial charge in [0.2, 0.25) is 0 Å². The summed E-state index contributed by atoms with van der Waals surface area (Å²) in [4.78, 5) is 0. The molecule has 1 spiro atoms. The van der Waals surface area contributed by atoms with Gasteiger partial charge in [-0.1, -0.05) is 308 Å². The van der Waals surface area contributed by atoms with Gasteiger partial charge in [-0.2, -0.15) is 5.26 Å². The molecule has 0 fully saturated rings. The molecule has 0 amide bonds. The predicted molar refractivity (Wildman–Crippen MR) is 313 cm³/mol. The summed E-state index contributed by atoms with van der Waals surface area (Å²) in [6.45, 7) is 26.2. The number of fused-ring (bicyclic) bond motifs is 13. The Hall–Kier alpha value is -7.53. The van der Waals surface area contributed by atoms with E-state index >= 15 is 0 Å². The molecule has 368 valence electrons. The number of nitriles is 1. The minimum absolute atomic E-state index is 0.180. The third-order valence-corrected chi connectivity index (χ3v) is 12.2. The Balaban J connectivity index is 0.000000151. The number of benzene rings is 9. The summed E-state index contributed by atoms with van der Waals surface area (Å²) in [6.07, 6.45) is 0. The molecule has 3 aliphatic rings. The van der Waals surface area contributed by atoms with Crippen molar-refractivity contribution in [1.29, 1.82) is 5.26 Å². The van der Waals surface area contributed by atoms with Gasteiger partial charge >= 0.3 is 0 Å². The van der Waals surface area contributed by atoms with Crippen molar-refractivity contribution in [1.82, 2.24) is 0 Å². The Morgan fingerprint density at radius 3 is 0.630 bits per heavy atom. The van der Waals surface area contributed by atoms with E-state index < -0.39 is 0 Å². The van der Waals surface area contributed by atoms with Crippen molar-refractivity contribution in [3.05, 3.63) is 287 Å². The lowest BCUT2D eigenvalue weighted by Crippen LogP contribution is -2.28. The zero-order chi connectivity index (χ0) is 52.4. The summed E-state index contributed by atoms with van der Waals surface area (Å²) >= 11 is 0. The molecule has 1 heteroatoms. The quantitative estimate of drug-likeness (QED) is 0.169. The van der Waals surface area contributed by atoms with E-state index in [0.29, 0.717) is 21.8 Å². The molecule has 0 aliphatic heterocycles. The highest BCUT2D eigenvalue weighted by Gasteiger charge is 2.51. The van der Waals surface area contributed by atoms with Crippen LogP contribution in [0.25, 0.3) is 33.4 Å². The first-order valence-electron chi connectivity index (χ1n) is 25.9. The maximum Gasteiger partial charge on any atom is 0.0991 e. The first-order valence-corrected chi connectivity index (χ1v) is 25.9. The highest BCUT2D eigenvalue weighted by molar-refractivity contribution is 5.95. The normalized spacial score (nSPS) is 13.1. The van der Waals surface area contributed by atoms with Crippen LogP contribution in [0.2, 0.25) is 0 Å². The molecule has 0 atom stereocenters. The van der Waals surface area contributed by atoms with E-state index in [-0.39, 0.29) is 10.8 Å². The smallest absolute Gasteiger partial charge is 0.0991 e. The van der Waals surface area contributed by atoms with Crippen LogP contribution in [0.3, 0.4) is 0 Å². The average Bonchev–Trinajstić information content (AvgIpc) is 3.97. The van der Waals surface area contributed by atoms with E-state index in [4.69, 9.17) is 5.26 Å². The van der Waals surface area contributed by atoms with Crippen molar-refractivity contribution in [2.24, 2.45) is 16.2 Å². The highest BCUT2D eigenvalue weighted by Crippen LogP contribution is 2.62. The monoisotopic (exact) mass is 954 g/mol. The highest BCUT2D eigenvalue weighted by atomic mass is 14.5.